The Morgan fingerprint density at radius 1 is 0.867 bits per heavy atom. The van der Waals surface area contributed by atoms with Crippen molar-refractivity contribution in [2.24, 2.45) is 0 Å². The molecule has 0 aliphatic rings. The monoisotopic (exact) mass is 418 g/mol. The van der Waals surface area contributed by atoms with E-state index in [1.807, 2.05) is 38.1 Å². The molecule has 0 N–H and O–H groups in total. The normalized spacial score (nSPS) is 8.93. The molecule has 0 atom stereocenters. The second kappa shape index (κ2) is 19.7. The number of unbranched alkanes of at least 4 members (excludes halogenated alkanes) is 1. The van der Waals surface area contributed by atoms with E-state index < -0.39 is 0 Å². The van der Waals surface area contributed by atoms with Gasteiger partial charge in [0.05, 0.1) is 12.0 Å². The Labute approximate surface area is 184 Å². The molecule has 2 aromatic rings. The number of non-ortho nitro benzene ring substituents is 1. The highest BCUT2D eigenvalue weighted by atomic mass is 16.6. The van der Waals surface area contributed by atoms with Crippen LogP contribution in [0, 0.1) is 10.1 Å². The van der Waals surface area contributed by atoms with Gasteiger partial charge in [-0.15, -0.1) is 0 Å². The Morgan fingerprint density at radius 3 is 1.67 bits per heavy atom. The van der Waals surface area contributed by atoms with Gasteiger partial charge in [0.15, 0.2) is 0 Å². The lowest BCUT2D eigenvalue weighted by molar-refractivity contribution is -0.384. The Bertz CT molecular complexity index is 638. The molecule has 0 saturated heterocycles. The Balaban J connectivity index is 0. The number of nitro benzene ring substituents is 1. The van der Waals surface area contributed by atoms with Gasteiger partial charge in [-0.1, -0.05) is 72.9 Å². The number of benzene rings is 2. The highest BCUT2D eigenvalue weighted by Gasteiger charge is 2.08. The number of rotatable bonds is 7. The second-order valence-electron chi connectivity index (χ2n) is 6.34. The first kappa shape index (κ1) is 29.6. The molecule has 0 heterocycles. The smallest absolute Gasteiger partial charge is 0.269 e. The highest BCUT2D eigenvalue weighted by molar-refractivity contribution is 5.49. The molecular weight excluding hydrogens is 376 g/mol. The van der Waals surface area contributed by atoms with Crippen LogP contribution in [0.25, 0.3) is 0 Å². The number of ether oxygens (including phenoxy) is 1. The molecular formula is C25H42N2O3. The molecule has 0 aliphatic carbocycles. The zero-order chi connectivity index (χ0) is 23.4. The van der Waals surface area contributed by atoms with Crippen molar-refractivity contribution in [1.29, 1.82) is 0 Å². The summed E-state index contributed by atoms with van der Waals surface area (Å²) in [4.78, 5) is 12.5. The number of hydrogen-bond acceptors (Lipinski definition) is 4. The van der Waals surface area contributed by atoms with E-state index in [1.165, 1.54) is 31.4 Å². The van der Waals surface area contributed by atoms with E-state index in [-0.39, 0.29) is 10.6 Å². The Kier molecular flexibility index (Phi) is 19.5. The molecule has 0 bridgehead atoms. The molecule has 0 aromatic heterocycles. The maximum absolute atomic E-state index is 10.7. The summed E-state index contributed by atoms with van der Waals surface area (Å²) in [5.41, 5.74) is 2.25. The minimum atomic E-state index is -0.384. The average Bonchev–Trinajstić information content (AvgIpc) is 2.80. The molecule has 0 fully saturated rings. The van der Waals surface area contributed by atoms with Crippen molar-refractivity contribution >= 4 is 11.4 Å². The van der Waals surface area contributed by atoms with Crippen molar-refractivity contribution in [1.82, 2.24) is 0 Å². The third-order valence-corrected chi connectivity index (χ3v) is 3.84. The lowest BCUT2D eigenvalue weighted by atomic mass is 10.1. The molecule has 0 amide bonds. The van der Waals surface area contributed by atoms with E-state index in [0.717, 1.165) is 23.5 Å². The summed E-state index contributed by atoms with van der Waals surface area (Å²) in [6.07, 6.45) is 3.89. The van der Waals surface area contributed by atoms with Gasteiger partial charge in [0.1, 0.15) is 5.75 Å². The van der Waals surface area contributed by atoms with Gasteiger partial charge in [-0.05, 0) is 36.8 Å². The highest BCUT2D eigenvalue weighted by Crippen LogP contribution is 2.21. The van der Waals surface area contributed by atoms with Crippen LogP contribution < -0.4 is 9.64 Å². The molecule has 0 unspecified atom stereocenters. The predicted molar refractivity (Wildman–Crippen MR) is 131 cm³/mol. The first-order chi connectivity index (χ1) is 14.5. The van der Waals surface area contributed by atoms with Gasteiger partial charge >= 0.3 is 0 Å². The quantitative estimate of drug-likeness (QED) is 0.339. The fourth-order valence-electron chi connectivity index (χ4n) is 2.12. The van der Waals surface area contributed by atoms with Gasteiger partial charge in [-0.2, -0.15) is 0 Å². The maximum atomic E-state index is 10.7. The summed E-state index contributed by atoms with van der Waals surface area (Å²) in [6.45, 7) is 16.2. The van der Waals surface area contributed by atoms with Crippen LogP contribution in [0.1, 0.15) is 73.3 Å². The molecule has 2 rings (SSSR count). The lowest BCUT2D eigenvalue weighted by Crippen LogP contribution is -2.21. The number of hydrogen-bond donors (Lipinski definition) is 0. The summed E-state index contributed by atoms with van der Waals surface area (Å²) in [5, 5.41) is 10.7. The van der Waals surface area contributed by atoms with E-state index in [9.17, 15) is 10.1 Å². The van der Waals surface area contributed by atoms with Crippen molar-refractivity contribution in [3.8, 4) is 5.75 Å². The van der Waals surface area contributed by atoms with Gasteiger partial charge in [0.25, 0.3) is 5.69 Å². The average molecular weight is 419 g/mol. The maximum Gasteiger partial charge on any atom is 0.269 e. The zero-order valence-corrected chi connectivity index (χ0v) is 20.3. The molecule has 0 radical (unpaired) electrons. The van der Waals surface area contributed by atoms with Crippen LogP contribution in [0.15, 0.2) is 48.5 Å². The van der Waals surface area contributed by atoms with Crippen molar-refractivity contribution in [2.45, 2.75) is 74.3 Å². The number of anilines is 1. The SMILES string of the molecule is CC.CCC.CCCC.CCN(Cc1ccc([N+](=O)[O-])cc1)c1ccc(OC)cc1. The lowest BCUT2D eigenvalue weighted by Gasteiger charge is -2.23. The standard InChI is InChI=1S/C16H18N2O3.C4H10.C3H8.C2H6/c1-3-17(14-8-10-16(21-2)11-9-14)12-13-4-6-15(7-5-13)18(19)20;1-3-4-2;1-3-2;1-2/h4-11H,3,12H2,1-2H3;3-4H2,1-2H3;3H2,1-2H3;1-2H3. The Hall–Kier alpha value is -2.56. The summed E-state index contributed by atoms with van der Waals surface area (Å²) in [5.74, 6) is 0.824. The van der Waals surface area contributed by atoms with Gasteiger partial charge in [-0.25, -0.2) is 0 Å². The van der Waals surface area contributed by atoms with Crippen LogP contribution in [0.2, 0.25) is 0 Å². The third-order valence-electron chi connectivity index (χ3n) is 3.84. The fraction of sp³-hybridized carbons (Fsp3) is 0.520. The third kappa shape index (κ3) is 12.8. The number of methoxy groups -OCH3 is 1. The second-order valence-corrected chi connectivity index (χ2v) is 6.34. The molecule has 5 heteroatoms. The van der Waals surface area contributed by atoms with Crippen LogP contribution in [0.3, 0.4) is 0 Å². The van der Waals surface area contributed by atoms with Crippen LogP contribution in [-0.4, -0.2) is 18.6 Å². The first-order valence-corrected chi connectivity index (χ1v) is 11.1. The summed E-state index contributed by atoms with van der Waals surface area (Å²) in [7, 11) is 1.64. The fourth-order valence-corrected chi connectivity index (χ4v) is 2.12. The molecule has 0 aliphatic heterocycles. The van der Waals surface area contributed by atoms with Crippen LogP contribution in [0.4, 0.5) is 11.4 Å². The molecule has 30 heavy (non-hydrogen) atoms. The topological polar surface area (TPSA) is 55.6 Å². The number of nitro groups is 1. The largest absolute Gasteiger partial charge is 0.497 e. The Morgan fingerprint density at radius 2 is 1.33 bits per heavy atom. The van der Waals surface area contributed by atoms with Crippen LogP contribution >= 0.6 is 0 Å². The van der Waals surface area contributed by atoms with E-state index >= 15 is 0 Å². The minimum absolute atomic E-state index is 0.117. The van der Waals surface area contributed by atoms with Gasteiger partial charge < -0.3 is 9.64 Å². The van der Waals surface area contributed by atoms with E-state index in [0.29, 0.717) is 6.54 Å². The van der Waals surface area contributed by atoms with Crippen LogP contribution in [0.5, 0.6) is 5.75 Å². The van der Waals surface area contributed by atoms with Crippen molar-refractivity contribution in [2.75, 3.05) is 18.6 Å². The molecule has 2 aromatic carbocycles. The summed E-state index contributed by atoms with van der Waals surface area (Å²) < 4.78 is 5.15. The first-order valence-electron chi connectivity index (χ1n) is 11.1. The number of nitrogens with zero attached hydrogens (tertiary/aromatic N) is 2. The summed E-state index contributed by atoms with van der Waals surface area (Å²) in [6, 6.07) is 14.5. The summed E-state index contributed by atoms with van der Waals surface area (Å²) >= 11 is 0. The molecule has 0 saturated carbocycles. The van der Waals surface area contributed by atoms with E-state index in [4.69, 9.17) is 4.74 Å². The predicted octanol–water partition coefficient (Wildman–Crippen LogP) is 7.88. The van der Waals surface area contributed by atoms with Gasteiger partial charge in [0.2, 0.25) is 0 Å². The zero-order valence-electron chi connectivity index (χ0n) is 20.3. The molecule has 170 valence electrons. The van der Waals surface area contributed by atoms with Crippen molar-refractivity contribution in [3.63, 3.8) is 0 Å². The van der Waals surface area contributed by atoms with E-state index in [1.54, 1.807) is 19.2 Å². The van der Waals surface area contributed by atoms with Crippen LogP contribution in [-0.2, 0) is 6.54 Å². The van der Waals surface area contributed by atoms with Crippen molar-refractivity contribution in [3.05, 3.63) is 64.2 Å². The molecule has 5 nitrogen and oxygen atoms in total. The van der Waals surface area contributed by atoms with E-state index in [2.05, 4.69) is 39.5 Å². The van der Waals surface area contributed by atoms with Crippen molar-refractivity contribution < 1.29 is 9.66 Å². The van der Waals surface area contributed by atoms with Gasteiger partial charge in [0, 0.05) is 30.9 Å². The minimum Gasteiger partial charge on any atom is -0.497 e. The molecule has 0 spiro atoms. The van der Waals surface area contributed by atoms with Gasteiger partial charge in [-0.3, -0.25) is 10.1 Å².